The molecule has 5 nitrogen and oxygen atoms in total. The Bertz CT molecular complexity index is 1020. The van der Waals surface area contributed by atoms with Gasteiger partial charge < -0.3 is 9.64 Å². The molecular weight excluding hydrogens is 400 g/mol. The molecule has 6 heteroatoms. The average molecular weight is 425 g/mol. The third-order valence-corrected chi connectivity index (χ3v) is 6.12. The van der Waals surface area contributed by atoms with Crippen LogP contribution in [0.2, 0.25) is 5.02 Å². The third kappa shape index (κ3) is 3.58. The first-order chi connectivity index (χ1) is 14.4. The first-order valence-corrected chi connectivity index (χ1v) is 10.6. The van der Waals surface area contributed by atoms with Crippen molar-refractivity contribution in [2.24, 2.45) is 5.92 Å². The van der Waals surface area contributed by atoms with Gasteiger partial charge in [-0.2, -0.15) is 0 Å². The molecule has 2 aliphatic heterocycles. The molecule has 2 aromatic carbocycles. The second-order valence-corrected chi connectivity index (χ2v) is 8.46. The topological polar surface area (TPSA) is 49.9 Å². The summed E-state index contributed by atoms with van der Waals surface area (Å²) in [6.07, 6.45) is 1.99. The first kappa shape index (κ1) is 20.5. The summed E-state index contributed by atoms with van der Waals surface area (Å²) in [6.45, 7) is 5.73. The van der Waals surface area contributed by atoms with E-state index in [-0.39, 0.29) is 11.8 Å². The molecule has 0 N–H and O–H groups in total. The largest absolute Gasteiger partial charge is 0.495 e. The van der Waals surface area contributed by atoms with Crippen molar-refractivity contribution >= 4 is 34.7 Å². The fourth-order valence-electron chi connectivity index (χ4n) is 4.08. The van der Waals surface area contributed by atoms with E-state index in [1.54, 1.807) is 18.2 Å². The molecule has 0 saturated carbocycles. The van der Waals surface area contributed by atoms with Gasteiger partial charge in [0.25, 0.3) is 11.8 Å². The van der Waals surface area contributed by atoms with Crippen molar-refractivity contribution in [1.82, 2.24) is 4.90 Å². The van der Waals surface area contributed by atoms with Gasteiger partial charge >= 0.3 is 0 Å². The Morgan fingerprint density at radius 1 is 1.00 bits per heavy atom. The summed E-state index contributed by atoms with van der Waals surface area (Å²) in [5, 5.41) is 0.434. The predicted octanol–water partition coefficient (Wildman–Crippen LogP) is 4.67. The summed E-state index contributed by atoms with van der Waals surface area (Å²) in [5.74, 6) is 0.364. The molecule has 156 valence electrons. The van der Waals surface area contributed by atoms with Crippen LogP contribution in [-0.2, 0) is 9.59 Å². The summed E-state index contributed by atoms with van der Waals surface area (Å²) in [6, 6.07) is 12.7. The Balaban J connectivity index is 1.84. The van der Waals surface area contributed by atoms with Gasteiger partial charge in [0.15, 0.2) is 0 Å². The number of likely N-dealkylation sites (tertiary alicyclic amines) is 1. The standard InChI is InChI=1S/C24H25ClN2O3/c1-15-4-6-17(7-5-15)21-22(26-12-10-16(2)11-13-26)24(29)27(23(21)28)19-14-18(25)8-9-20(19)30-3/h4-9,14,16H,10-13H2,1-3H3. The van der Waals surface area contributed by atoms with Crippen LogP contribution >= 0.6 is 11.6 Å². The van der Waals surface area contributed by atoms with Crippen LogP contribution in [0.25, 0.3) is 5.57 Å². The summed E-state index contributed by atoms with van der Waals surface area (Å²) in [7, 11) is 1.51. The molecular formula is C24H25ClN2O3. The number of ether oxygens (including phenoxy) is 1. The summed E-state index contributed by atoms with van der Waals surface area (Å²) in [4.78, 5) is 30.5. The monoisotopic (exact) mass is 424 g/mol. The van der Waals surface area contributed by atoms with Gasteiger partial charge in [-0.25, -0.2) is 4.90 Å². The number of carbonyl (C=O) groups excluding carboxylic acids is 2. The number of halogens is 1. The van der Waals surface area contributed by atoms with Crippen molar-refractivity contribution < 1.29 is 14.3 Å². The average Bonchev–Trinajstić information content (AvgIpc) is 2.99. The SMILES string of the molecule is COc1ccc(Cl)cc1N1C(=O)C(c2ccc(C)cc2)=C(N2CCC(C)CC2)C1=O. The van der Waals surface area contributed by atoms with Gasteiger partial charge in [-0.05, 0) is 49.4 Å². The second kappa shape index (κ2) is 8.15. The number of rotatable bonds is 4. The van der Waals surface area contributed by atoms with E-state index in [9.17, 15) is 9.59 Å². The number of hydrogen-bond donors (Lipinski definition) is 0. The van der Waals surface area contributed by atoms with Crippen molar-refractivity contribution in [3.05, 3.63) is 64.3 Å². The molecule has 1 fully saturated rings. The number of imide groups is 1. The Morgan fingerprint density at radius 2 is 1.67 bits per heavy atom. The molecule has 0 spiro atoms. The van der Waals surface area contributed by atoms with Gasteiger partial charge in [0, 0.05) is 18.1 Å². The van der Waals surface area contributed by atoms with Crippen LogP contribution in [0.3, 0.4) is 0 Å². The van der Waals surface area contributed by atoms with Crippen LogP contribution in [0.4, 0.5) is 5.69 Å². The van der Waals surface area contributed by atoms with E-state index in [4.69, 9.17) is 16.3 Å². The fraction of sp³-hybridized carbons (Fsp3) is 0.333. The summed E-state index contributed by atoms with van der Waals surface area (Å²) in [5.41, 5.74) is 3.12. The van der Waals surface area contributed by atoms with E-state index in [0.717, 1.165) is 37.1 Å². The molecule has 0 aliphatic carbocycles. The van der Waals surface area contributed by atoms with Crippen molar-refractivity contribution in [3.8, 4) is 5.75 Å². The molecule has 4 rings (SSSR count). The number of hydrogen-bond acceptors (Lipinski definition) is 4. The van der Waals surface area contributed by atoms with Crippen molar-refractivity contribution in [3.63, 3.8) is 0 Å². The van der Waals surface area contributed by atoms with Crippen molar-refractivity contribution in [2.75, 3.05) is 25.1 Å². The van der Waals surface area contributed by atoms with E-state index in [1.807, 2.05) is 31.2 Å². The third-order valence-electron chi connectivity index (χ3n) is 5.88. The molecule has 0 aromatic heterocycles. The number of nitrogens with zero attached hydrogens (tertiary/aromatic N) is 2. The lowest BCUT2D eigenvalue weighted by molar-refractivity contribution is -0.120. The molecule has 0 radical (unpaired) electrons. The number of carbonyl (C=O) groups is 2. The van der Waals surface area contributed by atoms with Crippen LogP contribution in [0, 0.1) is 12.8 Å². The second-order valence-electron chi connectivity index (χ2n) is 8.02. The van der Waals surface area contributed by atoms with E-state index >= 15 is 0 Å². The lowest BCUT2D eigenvalue weighted by Gasteiger charge is -2.32. The Labute approximate surface area is 181 Å². The minimum Gasteiger partial charge on any atom is -0.495 e. The highest BCUT2D eigenvalue weighted by atomic mass is 35.5. The number of benzene rings is 2. The predicted molar refractivity (Wildman–Crippen MR) is 119 cm³/mol. The highest BCUT2D eigenvalue weighted by Gasteiger charge is 2.44. The van der Waals surface area contributed by atoms with Gasteiger partial charge in [-0.3, -0.25) is 9.59 Å². The zero-order valence-corrected chi connectivity index (χ0v) is 18.2. The van der Waals surface area contributed by atoms with Crippen molar-refractivity contribution in [2.45, 2.75) is 26.7 Å². The number of methoxy groups -OCH3 is 1. The fourth-order valence-corrected chi connectivity index (χ4v) is 4.25. The lowest BCUT2D eigenvalue weighted by atomic mass is 9.97. The van der Waals surface area contributed by atoms with E-state index in [0.29, 0.717) is 33.6 Å². The highest BCUT2D eigenvalue weighted by Crippen LogP contribution is 2.40. The first-order valence-electron chi connectivity index (χ1n) is 10.2. The molecule has 2 aromatic rings. The molecule has 2 aliphatic rings. The quantitative estimate of drug-likeness (QED) is 0.669. The highest BCUT2D eigenvalue weighted by molar-refractivity contribution is 6.46. The van der Waals surface area contributed by atoms with Crippen LogP contribution in [0.5, 0.6) is 5.75 Å². The zero-order valence-electron chi connectivity index (χ0n) is 17.4. The molecule has 0 bridgehead atoms. The van der Waals surface area contributed by atoms with Crippen molar-refractivity contribution in [1.29, 1.82) is 0 Å². The van der Waals surface area contributed by atoms with E-state index in [2.05, 4.69) is 11.8 Å². The van der Waals surface area contributed by atoms with Gasteiger partial charge in [0.1, 0.15) is 11.4 Å². The minimum atomic E-state index is -0.349. The molecule has 1 saturated heterocycles. The van der Waals surface area contributed by atoms with Crippen LogP contribution in [0.1, 0.15) is 30.9 Å². The van der Waals surface area contributed by atoms with Gasteiger partial charge in [-0.1, -0.05) is 48.4 Å². The van der Waals surface area contributed by atoms with Crippen LogP contribution in [0.15, 0.2) is 48.2 Å². The number of amides is 2. The lowest BCUT2D eigenvalue weighted by Crippen LogP contribution is -2.38. The Morgan fingerprint density at radius 3 is 2.30 bits per heavy atom. The molecule has 30 heavy (non-hydrogen) atoms. The van der Waals surface area contributed by atoms with Crippen LogP contribution in [-0.4, -0.2) is 36.9 Å². The van der Waals surface area contributed by atoms with Gasteiger partial charge in [0.2, 0.25) is 0 Å². The maximum Gasteiger partial charge on any atom is 0.282 e. The van der Waals surface area contributed by atoms with Crippen LogP contribution < -0.4 is 9.64 Å². The molecule has 2 heterocycles. The maximum atomic E-state index is 13.6. The molecule has 2 amide bonds. The maximum absolute atomic E-state index is 13.6. The van der Waals surface area contributed by atoms with E-state index < -0.39 is 0 Å². The Kier molecular flexibility index (Phi) is 5.56. The zero-order chi connectivity index (χ0) is 21.4. The number of anilines is 1. The van der Waals surface area contributed by atoms with Gasteiger partial charge in [-0.15, -0.1) is 0 Å². The minimum absolute atomic E-state index is 0.328. The van der Waals surface area contributed by atoms with Gasteiger partial charge in [0.05, 0.1) is 18.4 Å². The van der Waals surface area contributed by atoms with E-state index in [1.165, 1.54) is 12.0 Å². The number of aryl methyl sites for hydroxylation is 1. The summed E-state index contributed by atoms with van der Waals surface area (Å²) < 4.78 is 5.42. The molecule has 0 atom stereocenters. The Hall–Kier alpha value is -2.79. The number of piperidine rings is 1. The molecule has 0 unspecified atom stereocenters. The normalized spacial score (nSPS) is 17.9. The summed E-state index contributed by atoms with van der Waals surface area (Å²) >= 11 is 6.19. The smallest absolute Gasteiger partial charge is 0.282 e.